The molecule has 2 saturated heterocycles. The summed E-state index contributed by atoms with van der Waals surface area (Å²) in [7, 11) is 1.67. The largest absolute Gasteiger partial charge is 0.497 e. The van der Waals surface area contributed by atoms with Gasteiger partial charge in [0.2, 0.25) is 11.8 Å². The van der Waals surface area contributed by atoms with Crippen molar-refractivity contribution in [3.63, 3.8) is 0 Å². The number of hydrogen-bond acceptors (Lipinski definition) is 5. The van der Waals surface area contributed by atoms with E-state index in [1.165, 1.54) is 12.0 Å². The Labute approximate surface area is 216 Å². The Kier molecular flexibility index (Phi) is 9.85. The topological polar surface area (TPSA) is 82.1 Å². The zero-order valence-corrected chi connectivity index (χ0v) is 22.0. The molecule has 1 aliphatic carbocycles. The average Bonchev–Trinajstić information content (AvgIpc) is 2.88. The van der Waals surface area contributed by atoms with E-state index in [1.807, 2.05) is 17.0 Å². The maximum Gasteiger partial charge on any atom is 0.248 e. The predicted octanol–water partition coefficient (Wildman–Crippen LogP) is 3.52. The fraction of sp³-hybridized carbons (Fsp3) is 0.704. The third-order valence-electron chi connectivity index (χ3n) is 8.22. The number of amides is 2. The zero-order chi connectivity index (χ0) is 24.1. The van der Waals surface area contributed by atoms with Gasteiger partial charge in [0.25, 0.3) is 0 Å². The lowest BCUT2D eigenvalue weighted by Crippen LogP contribution is -2.75. The highest BCUT2D eigenvalue weighted by molar-refractivity contribution is 6.00. The van der Waals surface area contributed by atoms with Gasteiger partial charge >= 0.3 is 0 Å². The van der Waals surface area contributed by atoms with E-state index in [9.17, 15) is 14.7 Å². The summed E-state index contributed by atoms with van der Waals surface area (Å²) < 4.78 is 5.25. The van der Waals surface area contributed by atoms with Crippen molar-refractivity contribution in [1.82, 2.24) is 15.1 Å². The van der Waals surface area contributed by atoms with Crippen molar-refractivity contribution in [1.29, 1.82) is 0 Å². The minimum atomic E-state index is -0.810. The first kappa shape index (κ1) is 27.8. The zero-order valence-electron chi connectivity index (χ0n) is 21.2. The van der Waals surface area contributed by atoms with Gasteiger partial charge in [-0.1, -0.05) is 44.7 Å². The summed E-state index contributed by atoms with van der Waals surface area (Å²) in [6, 6.07) is 7.28. The first-order valence-electron chi connectivity index (χ1n) is 13.1. The Hall–Kier alpha value is -1.83. The maximum absolute atomic E-state index is 13.7. The second-order valence-electron chi connectivity index (χ2n) is 10.3. The summed E-state index contributed by atoms with van der Waals surface area (Å²) in [5, 5.41) is 14.1. The molecule has 1 aromatic carbocycles. The number of nitrogens with one attached hydrogen (secondary N) is 1. The number of methoxy groups -OCH3 is 1. The lowest BCUT2D eigenvalue weighted by Gasteiger charge is -2.52. The molecule has 0 unspecified atom stereocenters. The predicted molar refractivity (Wildman–Crippen MR) is 139 cm³/mol. The average molecular weight is 508 g/mol. The Bertz CT molecular complexity index is 835. The number of carbonyl (C=O) groups excluding carboxylic acids is 2. The van der Waals surface area contributed by atoms with Gasteiger partial charge in [-0.25, -0.2) is 0 Å². The monoisotopic (exact) mass is 507 g/mol. The lowest BCUT2D eigenvalue weighted by molar-refractivity contribution is -0.166. The number of likely N-dealkylation sites (tertiary alicyclic amines) is 1. The summed E-state index contributed by atoms with van der Waals surface area (Å²) in [4.78, 5) is 31.5. The van der Waals surface area contributed by atoms with E-state index >= 15 is 0 Å². The van der Waals surface area contributed by atoms with Gasteiger partial charge in [0.1, 0.15) is 17.3 Å². The molecule has 2 aliphatic heterocycles. The van der Waals surface area contributed by atoms with Gasteiger partial charge in [-0.3, -0.25) is 14.5 Å². The van der Waals surface area contributed by atoms with Crippen molar-refractivity contribution in [3.8, 4) is 5.75 Å². The standard InChI is InChI=1S/C27H41N3O4.ClH/c1-3-4-16-30-25(32)23(24(31)21-8-6-5-7-9-21)28-26(33)27(30)14-17-29(18-15-27)19-20-10-12-22(34-2)13-11-20;/h10-13,21,23-24,31H,3-9,14-19H2,1-2H3,(H,28,33);1H/t23-,24-;/m1./s1. The normalized spacial score (nSPS) is 24.1. The van der Waals surface area contributed by atoms with Crippen LogP contribution in [0.2, 0.25) is 0 Å². The maximum atomic E-state index is 13.7. The van der Waals surface area contributed by atoms with E-state index in [1.54, 1.807) is 7.11 Å². The van der Waals surface area contributed by atoms with Gasteiger partial charge in [-0.15, -0.1) is 12.4 Å². The molecule has 3 aliphatic rings. The van der Waals surface area contributed by atoms with E-state index in [4.69, 9.17) is 4.74 Å². The summed E-state index contributed by atoms with van der Waals surface area (Å²) in [6.45, 7) is 5.01. The van der Waals surface area contributed by atoms with Crippen LogP contribution in [0.1, 0.15) is 70.3 Å². The van der Waals surface area contributed by atoms with Gasteiger partial charge in [0.05, 0.1) is 13.2 Å². The molecule has 2 atom stereocenters. The Morgan fingerprint density at radius 2 is 1.77 bits per heavy atom. The molecule has 1 aromatic rings. The highest BCUT2D eigenvalue weighted by Gasteiger charge is 2.55. The van der Waals surface area contributed by atoms with Crippen LogP contribution in [0.3, 0.4) is 0 Å². The third-order valence-corrected chi connectivity index (χ3v) is 8.22. The molecule has 0 aromatic heterocycles. The van der Waals surface area contributed by atoms with Gasteiger partial charge < -0.3 is 20.1 Å². The minimum absolute atomic E-state index is 0. The molecule has 0 radical (unpaired) electrons. The molecule has 1 saturated carbocycles. The van der Waals surface area contributed by atoms with E-state index < -0.39 is 17.7 Å². The van der Waals surface area contributed by atoms with Crippen LogP contribution in [-0.4, -0.2) is 71.1 Å². The minimum Gasteiger partial charge on any atom is -0.497 e. The van der Waals surface area contributed by atoms with Crippen LogP contribution in [0.5, 0.6) is 5.75 Å². The van der Waals surface area contributed by atoms with Crippen LogP contribution in [0.4, 0.5) is 0 Å². The van der Waals surface area contributed by atoms with Crippen LogP contribution >= 0.6 is 12.4 Å². The molecule has 2 amide bonds. The number of piperidine rings is 1. The molecule has 1 spiro atoms. The summed E-state index contributed by atoms with van der Waals surface area (Å²) in [5.41, 5.74) is 0.408. The number of halogens is 1. The van der Waals surface area contributed by atoms with Crippen molar-refractivity contribution in [2.75, 3.05) is 26.7 Å². The van der Waals surface area contributed by atoms with Crippen LogP contribution in [-0.2, 0) is 16.1 Å². The smallest absolute Gasteiger partial charge is 0.248 e. The summed E-state index contributed by atoms with van der Waals surface area (Å²) in [6.07, 6.45) is 7.49. The fourth-order valence-electron chi connectivity index (χ4n) is 6.03. The molecular formula is C27H42ClN3O4. The number of unbranched alkanes of at least 4 members (excludes halogenated alkanes) is 1. The summed E-state index contributed by atoms with van der Waals surface area (Å²) >= 11 is 0. The summed E-state index contributed by atoms with van der Waals surface area (Å²) in [5.74, 6) is 0.772. The molecule has 2 N–H and O–H groups in total. The van der Waals surface area contributed by atoms with Crippen LogP contribution in [0.25, 0.3) is 0 Å². The molecule has 3 fully saturated rings. The second-order valence-corrected chi connectivity index (χ2v) is 10.3. The molecular weight excluding hydrogens is 466 g/mol. The van der Waals surface area contributed by atoms with Crippen molar-refractivity contribution in [3.05, 3.63) is 29.8 Å². The number of carbonyl (C=O) groups is 2. The SMILES string of the molecule is CCCCN1C(=O)[C@@H]([C@H](O)C2CCCCC2)NC(=O)C12CCN(Cc1ccc(OC)cc1)CC2.Cl. The molecule has 0 bridgehead atoms. The molecule has 4 rings (SSSR count). The number of benzene rings is 1. The number of aliphatic hydroxyl groups excluding tert-OH is 1. The first-order chi connectivity index (χ1) is 16.5. The van der Waals surface area contributed by atoms with Crippen molar-refractivity contribution in [2.24, 2.45) is 5.92 Å². The van der Waals surface area contributed by atoms with E-state index in [0.717, 1.165) is 63.9 Å². The van der Waals surface area contributed by atoms with Gasteiger partial charge in [0.15, 0.2) is 0 Å². The van der Waals surface area contributed by atoms with Gasteiger partial charge in [-0.2, -0.15) is 0 Å². The molecule has 196 valence electrons. The molecule has 2 heterocycles. The van der Waals surface area contributed by atoms with Gasteiger partial charge in [-0.05, 0) is 55.7 Å². The third kappa shape index (κ3) is 5.95. The molecule has 35 heavy (non-hydrogen) atoms. The van der Waals surface area contributed by atoms with E-state index in [-0.39, 0.29) is 30.1 Å². The second kappa shape index (κ2) is 12.4. The lowest BCUT2D eigenvalue weighted by atomic mass is 9.78. The fourth-order valence-corrected chi connectivity index (χ4v) is 6.03. The van der Waals surface area contributed by atoms with Crippen LogP contribution in [0.15, 0.2) is 24.3 Å². The quantitative estimate of drug-likeness (QED) is 0.562. The molecule has 8 heteroatoms. The highest BCUT2D eigenvalue weighted by atomic mass is 35.5. The Balaban J connectivity index is 0.00000342. The number of nitrogens with zero attached hydrogens (tertiary/aromatic N) is 2. The van der Waals surface area contributed by atoms with E-state index in [0.29, 0.717) is 19.4 Å². The van der Waals surface area contributed by atoms with Crippen molar-refractivity contribution < 1.29 is 19.4 Å². The van der Waals surface area contributed by atoms with Gasteiger partial charge in [0, 0.05) is 26.2 Å². The number of hydrogen-bond donors (Lipinski definition) is 2. The number of ether oxygens (including phenoxy) is 1. The van der Waals surface area contributed by atoms with Crippen LogP contribution < -0.4 is 10.1 Å². The van der Waals surface area contributed by atoms with E-state index in [2.05, 4.69) is 29.3 Å². The Morgan fingerprint density at radius 3 is 2.37 bits per heavy atom. The number of rotatable bonds is 8. The first-order valence-corrected chi connectivity index (χ1v) is 13.1. The number of aliphatic hydroxyl groups is 1. The Morgan fingerprint density at radius 1 is 1.11 bits per heavy atom. The van der Waals surface area contributed by atoms with Crippen molar-refractivity contribution >= 4 is 24.2 Å². The van der Waals surface area contributed by atoms with Crippen LogP contribution in [0, 0.1) is 5.92 Å². The highest BCUT2D eigenvalue weighted by Crippen LogP contribution is 2.36. The van der Waals surface area contributed by atoms with Crippen molar-refractivity contribution in [2.45, 2.75) is 88.9 Å². The number of piperazine rings is 1. The molecule has 7 nitrogen and oxygen atoms in total.